The second kappa shape index (κ2) is 8.54. The summed E-state index contributed by atoms with van der Waals surface area (Å²) in [6.07, 6.45) is 3.12. The first-order chi connectivity index (χ1) is 12.6. The summed E-state index contributed by atoms with van der Waals surface area (Å²) in [5.41, 5.74) is 0.963. The van der Waals surface area contributed by atoms with Crippen LogP contribution in [0.3, 0.4) is 0 Å². The summed E-state index contributed by atoms with van der Waals surface area (Å²) in [5, 5.41) is 6.78. The molecule has 1 amide bonds. The van der Waals surface area contributed by atoms with E-state index in [1.54, 1.807) is 0 Å². The van der Waals surface area contributed by atoms with Crippen LogP contribution in [0.2, 0.25) is 0 Å². The van der Waals surface area contributed by atoms with E-state index in [4.69, 9.17) is 4.99 Å². The molecule has 3 rings (SSSR count). The molecule has 1 heterocycles. The van der Waals surface area contributed by atoms with Gasteiger partial charge in [-0.1, -0.05) is 18.2 Å². The Morgan fingerprint density at radius 2 is 2.04 bits per heavy atom. The number of anilines is 1. The molecule has 0 bridgehead atoms. The molecule has 2 aliphatic rings. The average molecular weight is 358 g/mol. The van der Waals surface area contributed by atoms with Gasteiger partial charge in [0.25, 0.3) is 0 Å². The topological polar surface area (TPSA) is 60.0 Å². The van der Waals surface area contributed by atoms with Crippen molar-refractivity contribution in [1.29, 1.82) is 0 Å². The quantitative estimate of drug-likeness (QED) is 0.576. The highest BCUT2D eigenvalue weighted by atomic mass is 16.2. The van der Waals surface area contributed by atoms with Crippen LogP contribution >= 0.6 is 0 Å². The fourth-order valence-corrected chi connectivity index (χ4v) is 3.57. The Hall–Kier alpha value is -2.08. The Balaban J connectivity index is 1.61. The Kier molecular flexibility index (Phi) is 6.14. The van der Waals surface area contributed by atoms with Crippen molar-refractivity contribution in [2.45, 2.75) is 38.3 Å². The molecule has 0 aromatic heterocycles. The van der Waals surface area contributed by atoms with Gasteiger partial charge in [0.05, 0.1) is 12.6 Å². The Labute approximate surface area is 156 Å². The highest BCUT2D eigenvalue weighted by molar-refractivity contribution is 5.97. The number of nitrogens with one attached hydrogen (secondary N) is 2. The molecule has 26 heavy (non-hydrogen) atoms. The molecular weight excluding hydrogens is 326 g/mol. The molecule has 2 fully saturated rings. The number of carbonyl (C=O) groups excluding carboxylic acids is 1. The lowest BCUT2D eigenvalue weighted by molar-refractivity contribution is -0.117. The molecule has 0 radical (unpaired) electrons. The number of hydrogen-bond donors (Lipinski definition) is 2. The molecule has 142 valence electrons. The summed E-state index contributed by atoms with van der Waals surface area (Å²) in [6.45, 7) is 4.34. The van der Waals surface area contributed by atoms with Gasteiger partial charge in [0.2, 0.25) is 5.91 Å². The number of nitrogens with zero attached hydrogens (tertiary/aromatic N) is 3. The van der Waals surface area contributed by atoms with Crippen molar-refractivity contribution >= 4 is 17.6 Å². The molecule has 2 N–H and O–H groups in total. The third-order valence-electron chi connectivity index (χ3n) is 5.14. The molecular formula is C20H31N5O. The number of para-hydroxylation sites is 1. The van der Waals surface area contributed by atoms with Gasteiger partial charge in [0.1, 0.15) is 0 Å². The van der Waals surface area contributed by atoms with E-state index in [0.717, 1.165) is 30.7 Å². The van der Waals surface area contributed by atoms with E-state index in [9.17, 15) is 4.79 Å². The number of likely N-dealkylation sites (N-methyl/N-ethyl adjacent to an activating group) is 1. The van der Waals surface area contributed by atoms with Gasteiger partial charge in [-0.3, -0.25) is 9.79 Å². The highest BCUT2D eigenvalue weighted by Gasteiger charge is 2.33. The lowest BCUT2D eigenvalue weighted by atomic mass is 10.2. The van der Waals surface area contributed by atoms with Crippen LogP contribution < -0.4 is 15.5 Å². The number of aliphatic imine (C=N–C) groups is 1. The van der Waals surface area contributed by atoms with Gasteiger partial charge in [-0.25, -0.2) is 0 Å². The van der Waals surface area contributed by atoms with E-state index >= 15 is 0 Å². The second-order valence-corrected chi connectivity index (χ2v) is 7.47. The molecule has 2 atom stereocenters. The summed E-state index contributed by atoms with van der Waals surface area (Å²) < 4.78 is 0. The predicted octanol–water partition coefficient (Wildman–Crippen LogP) is 1.69. The summed E-state index contributed by atoms with van der Waals surface area (Å²) in [7, 11) is 4.26. The Morgan fingerprint density at radius 1 is 1.31 bits per heavy atom. The molecule has 1 saturated heterocycles. The monoisotopic (exact) mass is 357 g/mol. The molecule has 6 heteroatoms. The minimum Gasteiger partial charge on any atom is -0.357 e. The minimum atomic E-state index is 0.0826. The number of benzene rings is 1. The van der Waals surface area contributed by atoms with Crippen LogP contribution in [-0.4, -0.2) is 62.6 Å². The molecule has 0 spiro atoms. The summed E-state index contributed by atoms with van der Waals surface area (Å²) >= 11 is 0. The molecule has 6 nitrogen and oxygen atoms in total. The standard InChI is InChI=1S/C20H31N5O/c1-4-21-20(22-13-18(24(2)3)15-10-11-15)23-16-12-19(26)25(14-16)17-8-6-5-7-9-17/h5-9,15-16,18H,4,10-14H2,1-3H3,(H2,21,22,23). The number of hydrogen-bond acceptors (Lipinski definition) is 3. The van der Waals surface area contributed by atoms with E-state index < -0.39 is 0 Å². The zero-order valence-electron chi connectivity index (χ0n) is 16.1. The second-order valence-electron chi connectivity index (χ2n) is 7.47. The van der Waals surface area contributed by atoms with Gasteiger partial charge < -0.3 is 20.4 Å². The zero-order valence-corrected chi connectivity index (χ0v) is 16.1. The first kappa shape index (κ1) is 18.7. The van der Waals surface area contributed by atoms with Crippen molar-refractivity contribution < 1.29 is 4.79 Å². The molecule has 1 aliphatic heterocycles. The summed E-state index contributed by atoms with van der Waals surface area (Å²) in [5.74, 6) is 1.75. The maximum atomic E-state index is 12.4. The Morgan fingerprint density at radius 3 is 2.65 bits per heavy atom. The van der Waals surface area contributed by atoms with Crippen molar-refractivity contribution in [3.05, 3.63) is 30.3 Å². The van der Waals surface area contributed by atoms with Crippen LogP contribution in [0.5, 0.6) is 0 Å². The summed E-state index contributed by atoms with van der Waals surface area (Å²) in [6, 6.07) is 10.4. The predicted molar refractivity (Wildman–Crippen MR) is 107 cm³/mol. The van der Waals surface area contributed by atoms with Gasteiger partial charge in [-0.2, -0.15) is 0 Å². The van der Waals surface area contributed by atoms with E-state index in [0.29, 0.717) is 19.0 Å². The van der Waals surface area contributed by atoms with Gasteiger partial charge in [-0.05, 0) is 51.9 Å². The third-order valence-corrected chi connectivity index (χ3v) is 5.14. The average Bonchev–Trinajstić information content (AvgIpc) is 3.38. The molecule has 2 unspecified atom stereocenters. The third kappa shape index (κ3) is 4.75. The van der Waals surface area contributed by atoms with Crippen LogP contribution in [0, 0.1) is 5.92 Å². The maximum absolute atomic E-state index is 12.4. The first-order valence-electron chi connectivity index (χ1n) is 9.65. The number of amides is 1. The normalized spacial score (nSPS) is 22.0. The van der Waals surface area contributed by atoms with E-state index in [-0.39, 0.29) is 11.9 Å². The summed E-state index contributed by atoms with van der Waals surface area (Å²) in [4.78, 5) is 21.3. The fourth-order valence-electron chi connectivity index (χ4n) is 3.57. The van der Waals surface area contributed by atoms with Crippen molar-refractivity contribution in [3.63, 3.8) is 0 Å². The first-order valence-corrected chi connectivity index (χ1v) is 9.65. The van der Waals surface area contributed by atoms with Crippen LogP contribution in [0.25, 0.3) is 0 Å². The van der Waals surface area contributed by atoms with Gasteiger partial charge in [-0.15, -0.1) is 0 Å². The van der Waals surface area contributed by atoms with Crippen molar-refractivity contribution in [3.8, 4) is 0 Å². The molecule has 1 aliphatic carbocycles. The van der Waals surface area contributed by atoms with Crippen LogP contribution in [0.15, 0.2) is 35.3 Å². The van der Waals surface area contributed by atoms with Gasteiger partial charge in [0.15, 0.2) is 5.96 Å². The maximum Gasteiger partial charge on any atom is 0.229 e. The zero-order chi connectivity index (χ0) is 18.5. The van der Waals surface area contributed by atoms with Crippen molar-refractivity contribution in [1.82, 2.24) is 15.5 Å². The lowest BCUT2D eigenvalue weighted by Crippen LogP contribution is -2.45. The van der Waals surface area contributed by atoms with Crippen LogP contribution in [-0.2, 0) is 4.79 Å². The van der Waals surface area contributed by atoms with Crippen LogP contribution in [0.1, 0.15) is 26.2 Å². The SMILES string of the molecule is CCNC(=NCC(C1CC1)N(C)C)NC1CC(=O)N(c2ccccc2)C1. The van der Waals surface area contributed by atoms with E-state index in [1.165, 1.54) is 12.8 Å². The fraction of sp³-hybridized carbons (Fsp3) is 0.600. The molecule has 1 aromatic rings. The van der Waals surface area contributed by atoms with Gasteiger partial charge in [0, 0.05) is 31.2 Å². The minimum absolute atomic E-state index is 0.0826. The van der Waals surface area contributed by atoms with Crippen molar-refractivity contribution in [2.75, 3.05) is 38.6 Å². The van der Waals surface area contributed by atoms with Crippen molar-refractivity contribution in [2.24, 2.45) is 10.9 Å². The van der Waals surface area contributed by atoms with E-state index in [1.807, 2.05) is 35.2 Å². The highest BCUT2D eigenvalue weighted by Crippen LogP contribution is 2.34. The van der Waals surface area contributed by atoms with Crippen LogP contribution in [0.4, 0.5) is 5.69 Å². The number of carbonyl (C=O) groups is 1. The lowest BCUT2D eigenvalue weighted by Gasteiger charge is -2.23. The molecule has 1 aromatic carbocycles. The van der Waals surface area contributed by atoms with E-state index in [2.05, 4.69) is 36.6 Å². The number of rotatable bonds is 7. The smallest absolute Gasteiger partial charge is 0.229 e. The van der Waals surface area contributed by atoms with Gasteiger partial charge >= 0.3 is 0 Å². The number of guanidine groups is 1. The Bertz CT molecular complexity index is 624. The largest absolute Gasteiger partial charge is 0.357 e. The molecule has 1 saturated carbocycles.